The largest absolute Gasteiger partial charge is 0.504 e. The maximum absolute atomic E-state index is 12.2. The predicted molar refractivity (Wildman–Crippen MR) is 69.0 cm³/mol. The van der Waals surface area contributed by atoms with E-state index in [1.807, 2.05) is 0 Å². The van der Waals surface area contributed by atoms with Crippen LogP contribution in [0.2, 0.25) is 0 Å². The number of phenols is 3. The zero-order valence-electron chi connectivity index (χ0n) is 11.5. The topological polar surface area (TPSA) is 98.0 Å². The van der Waals surface area contributed by atoms with Gasteiger partial charge in [0.05, 0.1) is 6.42 Å². The third-order valence-corrected chi connectivity index (χ3v) is 2.58. The molecule has 0 aliphatic heterocycles. The summed E-state index contributed by atoms with van der Waals surface area (Å²) < 4.78 is 60.6. The highest BCUT2D eigenvalue weighted by molar-refractivity contribution is 5.70. The van der Waals surface area contributed by atoms with Crippen LogP contribution in [-0.2, 0) is 11.2 Å². The number of carboxylic acids is 1. The highest BCUT2D eigenvalue weighted by Crippen LogP contribution is 2.27. The molecule has 24 heavy (non-hydrogen) atoms. The van der Waals surface area contributed by atoms with Crippen molar-refractivity contribution in [2.24, 2.45) is 0 Å². The van der Waals surface area contributed by atoms with Gasteiger partial charge in [-0.3, -0.25) is 4.79 Å². The number of carbonyl (C=O) groups is 1. The van der Waals surface area contributed by atoms with E-state index in [9.17, 15) is 26.7 Å². The van der Waals surface area contributed by atoms with Crippen molar-refractivity contribution < 1.29 is 47.2 Å². The zero-order valence-corrected chi connectivity index (χ0v) is 11.5. The Kier molecular flexibility index (Phi) is 5.93. The van der Waals surface area contributed by atoms with Crippen LogP contribution in [-0.4, -0.2) is 26.4 Å². The first-order chi connectivity index (χ1) is 11.1. The summed E-state index contributed by atoms with van der Waals surface area (Å²) >= 11 is 0. The van der Waals surface area contributed by atoms with Crippen LogP contribution >= 0.6 is 0 Å². The molecule has 2 aromatic carbocycles. The fourth-order valence-corrected chi connectivity index (χ4v) is 1.45. The van der Waals surface area contributed by atoms with Crippen LogP contribution in [0.3, 0.4) is 0 Å². The van der Waals surface area contributed by atoms with Crippen molar-refractivity contribution in [2.45, 2.75) is 6.42 Å². The Hall–Kier alpha value is -3.04. The molecular weight excluding hydrogens is 343 g/mol. The Labute approximate surface area is 130 Å². The smallest absolute Gasteiger partial charge is 0.307 e. The van der Waals surface area contributed by atoms with Gasteiger partial charge in [0.25, 0.3) is 0 Å². The normalized spacial score (nSPS) is 10.0. The first-order valence-corrected chi connectivity index (χ1v) is 5.99. The molecule has 0 aliphatic rings. The van der Waals surface area contributed by atoms with Gasteiger partial charge in [0.2, 0.25) is 29.1 Å². The molecule has 0 aromatic heterocycles. The van der Waals surface area contributed by atoms with Crippen LogP contribution in [0, 0.1) is 29.1 Å². The number of aliphatic carboxylic acids is 1. The van der Waals surface area contributed by atoms with E-state index in [-0.39, 0.29) is 17.9 Å². The lowest BCUT2D eigenvalue weighted by Crippen LogP contribution is -2.00. The number of hydrogen-bond acceptors (Lipinski definition) is 4. The van der Waals surface area contributed by atoms with Crippen LogP contribution in [0.1, 0.15) is 5.56 Å². The Morgan fingerprint density at radius 1 is 0.792 bits per heavy atom. The number of benzene rings is 2. The van der Waals surface area contributed by atoms with Gasteiger partial charge in [-0.2, -0.15) is 8.78 Å². The monoisotopic (exact) mass is 352 g/mol. The minimum Gasteiger partial charge on any atom is -0.504 e. The molecule has 0 fully saturated rings. The van der Waals surface area contributed by atoms with Crippen molar-refractivity contribution in [2.75, 3.05) is 0 Å². The van der Waals surface area contributed by atoms with E-state index in [0.717, 1.165) is 0 Å². The van der Waals surface area contributed by atoms with Gasteiger partial charge in [0.15, 0.2) is 17.2 Å². The first kappa shape index (κ1) is 19.0. The summed E-state index contributed by atoms with van der Waals surface area (Å²) in [6, 6.07) is 3.93. The second-order valence-corrected chi connectivity index (χ2v) is 4.31. The summed E-state index contributed by atoms with van der Waals surface area (Å²) in [5, 5.41) is 34.5. The lowest BCUT2D eigenvalue weighted by molar-refractivity contribution is -0.136. The molecule has 0 heterocycles. The van der Waals surface area contributed by atoms with Crippen LogP contribution in [0.25, 0.3) is 0 Å². The second kappa shape index (κ2) is 7.49. The molecule has 0 amide bonds. The number of aromatic hydroxyl groups is 3. The van der Waals surface area contributed by atoms with Crippen LogP contribution in [0.15, 0.2) is 18.2 Å². The van der Waals surface area contributed by atoms with Gasteiger partial charge in [-0.15, -0.1) is 0 Å². The molecule has 0 unspecified atom stereocenters. The molecule has 5 nitrogen and oxygen atoms in total. The van der Waals surface area contributed by atoms with Gasteiger partial charge in [-0.05, 0) is 17.7 Å². The Bertz CT molecular complexity index is 674. The standard InChI is InChI=1S/C8H8O4.C6HF5O/c9-6-2-1-5(3-7(6)10)4-8(11)12;7-1-2(8)4(10)6(12)5(11)3(1)9/h1-3,9-10H,4H2,(H,11,12);12H. The highest BCUT2D eigenvalue weighted by Gasteiger charge is 2.24. The Morgan fingerprint density at radius 2 is 1.25 bits per heavy atom. The Balaban J connectivity index is 0.000000240. The van der Waals surface area contributed by atoms with Crippen molar-refractivity contribution in [1.29, 1.82) is 0 Å². The van der Waals surface area contributed by atoms with Gasteiger partial charge in [0, 0.05) is 0 Å². The summed E-state index contributed by atoms with van der Waals surface area (Å²) in [6.45, 7) is 0. The molecule has 2 aromatic rings. The van der Waals surface area contributed by atoms with E-state index in [1.54, 1.807) is 0 Å². The molecule has 4 N–H and O–H groups in total. The van der Waals surface area contributed by atoms with E-state index in [2.05, 4.69) is 0 Å². The van der Waals surface area contributed by atoms with Crippen molar-refractivity contribution in [3.63, 3.8) is 0 Å². The average molecular weight is 352 g/mol. The molecule has 0 saturated heterocycles. The van der Waals surface area contributed by atoms with Crippen molar-refractivity contribution in [3.05, 3.63) is 52.8 Å². The molecule has 0 bridgehead atoms. The van der Waals surface area contributed by atoms with Crippen LogP contribution < -0.4 is 0 Å². The lowest BCUT2D eigenvalue weighted by atomic mass is 10.1. The maximum Gasteiger partial charge on any atom is 0.307 e. The van der Waals surface area contributed by atoms with E-state index in [0.29, 0.717) is 5.56 Å². The lowest BCUT2D eigenvalue weighted by Gasteiger charge is -2.00. The quantitative estimate of drug-likeness (QED) is 0.288. The first-order valence-electron chi connectivity index (χ1n) is 5.99. The van der Waals surface area contributed by atoms with Crippen molar-refractivity contribution in [3.8, 4) is 17.2 Å². The average Bonchev–Trinajstić information content (AvgIpc) is 2.53. The molecule has 0 saturated carbocycles. The fraction of sp³-hybridized carbons (Fsp3) is 0.0714. The number of hydrogen-bond donors (Lipinski definition) is 4. The summed E-state index contributed by atoms with van der Waals surface area (Å²) in [5.41, 5.74) is 0.456. The minimum absolute atomic E-state index is 0.159. The third kappa shape index (κ3) is 4.24. The molecule has 10 heteroatoms. The molecule has 130 valence electrons. The Morgan fingerprint density at radius 3 is 1.67 bits per heavy atom. The predicted octanol–water partition coefficient (Wildman–Crippen LogP) is 2.81. The molecule has 0 atom stereocenters. The van der Waals surface area contributed by atoms with E-state index < -0.39 is 40.8 Å². The van der Waals surface area contributed by atoms with Crippen molar-refractivity contribution >= 4 is 5.97 Å². The van der Waals surface area contributed by atoms with E-state index >= 15 is 0 Å². The van der Waals surface area contributed by atoms with Crippen molar-refractivity contribution in [1.82, 2.24) is 0 Å². The van der Waals surface area contributed by atoms with Gasteiger partial charge in [-0.25, -0.2) is 13.2 Å². The number of rotatable bonds is 2. The van der Waals surface area contributed by atoms with E-state index in [4.69, 9.17) is 20.4 Å². The second-order valence-electron chi connectivity index (χ2n) is 4.31. The third-order valence-electron chi connectivity index (χ3n) is 2.58. The number of carboxylic acid groups (broad SMARTS) is 1. The molecule has 2 rings (SSSR count). The fourth-order valence-electron chi connectivity index (χ4n) is 1.45. The van der Waals surface area contributed by atoms with Gasteiger partial charge in [0.1, 0.15) is 0 Å². The van der Waals surface area contributed by atoms with Crippen LogP contribution in [0.4, 0.5) is 22.0 Å². The summed E-state index contributed by atoms with van der Waals surface area (Å²) in [4.78, 5) is 10.2. The molecule has 0 aliphatic carbocycles. The SMILES string of the molecule is O=C(O)Cc1ccc(O)c(O)c1.Oc1c(F)c(F)c(F)c(F)c1F. The molecule has 0 spiro atoms. The molecule has 0 radical (unpaired) electrons. The summed E-state index contributed by atoms with van der Waals surface area (Å²) in [6.07, 6.45) is -0.159. The molecular formula is C14H9F5O5. The van der Waals surface area contributed by atoms with Gasteiger partial charge in [-0.1, -0.05) is 6.07 Å². The van der Waals surface area contributed by atoms with Gasteiger partial charge < -0.3 is 20.4 Å². The van der Waals surface area contributed by atoms with Gasteiger partial charge >= 0.3 is 5.97 Å². The summed E-state index contributed by atoms with van der Waals surface area (Å²) in [7, 11) is 0. The summed E-state index contributed by atoms with van der Waals surface area (Å²) in [5.74, 6) is -14.5. The zero-order chi connectivity index (χ0) is 18.6. The van der Waals surface area contributed by atoms with E-state index in [1.165, 1.54) is 18.2 Å². The number of halogens is 5. The minimum atomic E-state index is -2.29. The maximum atomic E-state index is 12.2. The number of phenolic OH excluding ortho intramolecular Hbond substituents is 3. The highest BCUT2D eigenvalue weighted by atomic mass is 19.2. The van der Waals surface area contributed by atoms with Crippen LogP contribution in [0.5, 0.6) is 17.2 Å².